The molecule has 8 heteroatoms. The van der Waals surface area contributed by atoms with Gasteiger partial charge in [0.15, 0.2) is 0 Å². The maximum absolute atomic E-state index is 13.6. The first kappa shape index (κ1) is 13.3. The average Bonchev–Trinajstić information content (AvgIpc) is 2.32. The Kier molecular flexibility index (Phi) is 3.96. The topological polar surface area (TPSA) is 86.0 Å². The molecule has 1 aromatic heterocycles. The molecule has 2 rings (SSSR count). The lowest BCUT2D eigenvalue weighted by atomic mass is 10.3. The third-order valence-electron chi connectivity index (χ3n) is 2.08. The lowest BCUT2D eigenvalue weighted by Crippen LogP contribution is -2.07. The second kappa shape index (κ2) is 5.66. The monoisotopic (exact) mass is 283 g/mol. The van der Waals surface area contributed by atoms with Crippen LogP contribution in [0.4, 0.5) is 22.0 Å². The smallest absolute Gasteiger partial charge is 0.323 e. The molecule has 3 N–H and O–H groups in total. The number of nitrogen functional groups attached to an aromatic ring is 1. The summed E-state index contributed by atoms with van der Waals surface area (Å²) in [6.07, 6.45) is 0. The summed E-state index contributed by atoms with van der Waals surface area (Å²) in [4.78, 5) is 11.6. The third kappa shape index (κ3) is 3.41. The normalized spacial score (nSPS) is 10.3. The Morgan fingerprint density at radius 1 is 1.37 bits per heavy atom. The molecule has 0 aliphatic rings. The number of ether oxygens (including phenoxy) is 1. The summed E-state index contributed by atoms with van der Waals surface area (Å²) in [5.41, 5.74) is 5.69. The molecule has 19 heavy (non-hydrogen) atoms. The third-order valence-corrected chi connectivity index (χ3v) is 2.32. The highest BCUT2D eigenvalue weighted by Gasteiger charge is 2.08. The fourth-order valence-electron chi connectivity index (χ4n) is 1.33. The molecule has 0 saturated heterocycles. The highest BCUT2D eigenvalue weighted by atomic mass is 35.5. The van der Waals surface area contributed by atoms with Gasteiger partial charge in [0.25, 0.3) is 0 Å². The molecule has 100 valence electrons. The molecule has 0 atom stereocenters. The number of benzene rings is 1. The second-order valence-electron chi connectivity index (χ2n) is 3.48. The molecule has 1 heterocycles. The van der Waals surface area contributed by atoms with E-state index in [4.69, 9.17) is 22.1 Å². The zero-order valence-corrected chi connectivity index (χ0v) is 10.8. The lowest BCUT2D eigenvalue weighted by Gasteiger charge is -2.08. The van der Waals surface area contributed by atoms with Gasteiger partial charge >= 0.3 is 6.01 Å². The molecule has 0 saturated carbocycles. The van der Waals surface area contributed by atoms with Crippen LogP contribution in [-0.2, 0) is 0 Å². The van der Waals surface area contributed by atoms with E-state index in [1.54, 1.807) is 13.0 Å². The van der Waals surface area contributed by atoms with Crippen LogP contribution in [0, 0.1) is 5.82 Å². The van der Waals surface area contributed by atoms with Gasteiger partial charge in [-0.2, -0.15) is 15.0 Å². The van der Waals surface area contributed by atoms with E-state index in [1.807, 2.05) is 0 Å². The Balaban J connectivity index is 2.27. The molecule has 0 aliphatic carbocycles. The standard InChI is InChI=1S/C11H11ClFN5O/c1-2-19-11-17-9(14)16-10(18-11)15-8-4-3-6(12)5-7(8)13/h3-5H,2H2,1H3,(H3,14,15,16,17,18). The molecule has 0 radical (unpaired) electrons. The van der Waals surface area contributed by atoms with Crippen LogP contribution in [0.2, 0.25) is 5.02 Å². The SMILES string of the molecule is CCOc1nc(N)nc(Nc2ccc(Cl)cc2F)n1. The molecule has 0 spiro atoms. The largest absolute Gasteiger partial charge is 0.464 e. The summed E-state index contributed by atoms with van der Waals surface area (Å²) in [6, 6.07) is 4.27. The van der Waals surface area contributed by atoms with Crippen molar-refractivity contribution < 1.29 is 9.13 Å². The van der Waals surface area contributed by atoms with Crippen LogP contribution in [0.1, 0.15) is 6.92 Å². The van der Waals surface area contributed by atoms with E-state index in [2.05, 4.69) is 20.3 Å². The fourth-order valence-corrected chi connectivity index (χ4v) is 1.49. The van der Waals surface area contributed by atoms with E-state index in [1.165, 1.54) is 12.1 Å². The van der Waals surface area contributed by atoms with Crippen molar-refractivity contribution in [1.82, 2.24) is 15.0 Å². The number of anilines is 3. The first-order chi connectivity index (χ1) is 9.08. The van der Waals surface area contributed by atoms with Gasteiger partial charge in [-0.1, -0.05) is 11.6 Å². The number of halogens is 2. The van der Waals surface area contributed by atoms with Gasteiger partial charge in [-0.3, -0.25) is 0 Å². The van der Waals surface area contributed by atoms with Crippen molar-refractivity contribution in [2.24, 2.45) is 0 Å². The van der Waals surface area contributed by atoms with Crippen molar-refractivity contribution in [3.05, 3.63) is 29.0 Å². The van der Waals surface area contributed by atoms with Gasteiger partial charge in [0.1, 0.15) is 5.82 Å². The van der Waals surface area contributed by atoms with Gasteiger partial charge < -0.3 is 15.8 Å². The lowest BCUT2D eigenvalue weighted by molar-refractivity contribution is 0.312. The highest BCUT2D eigenvalue weighted by molar-refractivity contribution is 6.30. The van der Waals surface area contributed by atoms with Crippen LogP contribution >= 0.6 is 11.6 Å². The molecule has 1 aromatic carbocycles. The van der Waals surface area contributed by atoms with Crippen molar-refractivity contribution in [3.63, 3.8) is 0 Å². The number of nitrogens with zero attached hydrogens (tertiary/aromatic N) is 3. The zero-order chi connectivity index (χ0) is 13.8. The Morgan fingerprint density at radius 2 is 2.16 bits per heavy atom. The van der Waals surface area contributed by atoms with Gasteiger partial charge in [0, 0.05) is 5.02 Å². The van der Waals surface area contributed by atoms with Crippen LogP contribution in [0.3, 0.4) is 0 Å². The van der Waals surface area contributed by atoms with E-state index in [0.717, 1.165) is 0 Å². The minimum atomic E-state index is -0.524. The second-order valence-corrected chi connectivity index (χ2v) is 3.92. The summed E-state index contributed by atoms with van der Waals surface area (Å²) < 4.78 is 18.7. The van der Waals surface area contributed by atoms with Crippen LogP contribution in [0.25, 0.3) is 0 Å². The molecular formula is C11H11ClFN5O. The van der Waals surface area contributed by atoms with E-state index in [0.29, 0.717) is 11.6 Å². The van der Waals surface area contributed by atoms with Gasteiger partial charge in [-0.15, -0.1) is 0 Å². The van der Waals surface area contributed by atoms with Crippen molar-refractivity contribution in [2.75, 3.05) is 17.7 Å². The van der Waals surface area contributed by atoms with E-state index in [-0.39, 0.29) is 23.6 Å². The summed E-state index contributed by atoms with van der Waals surface area (Å²) in [7, 11) is 0. The molecule has 2 aromatic rings. The minimum absolute atomic E-state index is 0.0182. The van der Waals surface area contributed by atoms with Crippen LogP contribution < -0.4 is 15.8 Å². The Labute approximate surface area is 113 Å². The van der Waals surface area contributed by atoms with Crippen LogP contribution in [0.5, 0.6) is 6.01 Å². The van der Waals surface area contributed by atoms with Gasteiger partial charge in [0.05, 0.1) is 12.3 Å². The van der Waals surface area contributed by atoms with Crippen LogP contribution in [0.15, 0.2) is 18.2 Å². The molecule has 0 amide bonds. The van der Waals surface area contributed by atoms with E-state index >= 15 is 0 Å². The maximum atomic E-state index is 13.6. The molecule has 0 aliphatic heterocycles. The quantitative estimate of drug-likeness (QED) is 0.896. The van der Waals surface area contributed by atoms with Crippen molar-refractivity contribution in [1.29, 1.82) is 0 Å². The molecular weight excluding hydrogens is 273 g/mol. The maximum Gasteiger partial charge on any atom is 0.323 e. The average molecular weight is 284 g/mol. The molecule has 6 nitrogen and oxygen atoms in total. The Hall–Kier alpha value is -2.15. The zero-order valence-electron chi connectivity index (χ0n) is 10.0. The Bertz CT molecular complexity index is 595. The molecule has 0 fully saturated rings. The van der Waals surface area contributed by atoms with E-state index < -0.39 is 5.82 Å². The fraction of sp³-hybridized carbons (Fsp3) is 0.182. The first-order valence-corrected chi connectivity index (χ1v) is 5.82. The van der Waals surface area contributed by atoms with Crippen molar-refractivity contribution >= 4 is 29.2 Å². The first-order valence-electron chi connectivity index (χ1n) is 5.45. The van der Waals surface area contributed by atoms with Gasteiger partial charge in [-0.05, 0) is 25.1 Å². The number of nitrogens with one attached hydrogen (secondary N) is 1. The number of nitrogens with two attached hydrogens (primary N) is 1. The number of aromatic nitrogens is 3. The summed E-state index contributed by atoms with van der Waals surface area (Å²) in [5, 5.41) is 2.98. The summed E-state index contributed by atoms with van der Waals surface area (Å²) in [6.45, 7) is 2.17. The van der Waals surface area contributed by atoms with E-state index in [9.17, 15) is 4.39 Å². The summed E-state index contributed by atoms with van der Waals surface area (Å²) >= 11 is 5.66. The van der Waals surface area contributed by atoms with Crippen molar-refractivity contribution in [3.8, 4) is 6.01 Å². The predicted molar refractivity (Wildman–Crippen MR) is 70.1 cm³/mol. The molecule has 0 bridgehead atoms. The van der Waals surface area contributed by atoms with Crippen molar-refractivity contribution in [2.45, 2.75) is 6.92 Å². The Morgan fingerprint density at radius 3 is 2.84 bits per heavy atom. The van der Waals surface area contributed by atoms with Crippen LogP contribution in [-0.4, -0.2) is 21.6 Å². The predicted octanol–water partition coefficient (Wildman–Crippen LogP) is 2.39. The number of hydrogen-bond donors (Lipinski definition) is 2. The summed E-state index contributed by atoms with van der Waals surface area (Å²) in [5.74, 6) is -0.447. The molecule has 0 unspecified atom stereocenters. The van der Waals surface area contributed by atoms with Gasteiger partial charge in [0.2, 0.25) is 11.9 Å². The number of hydrogen-bond acceptors (Lipinski definition) is 6. The van der Waals surface area contributed by atoms with Gasteiger partial charge in [-0.25, -0.2) is 4.39 Å². The minimum Gasteiger partial charge on any atom is -0.464 e. The highest BCUT2D eigenvalue weighted by Crippen LogP contribution is 2.22. The number of rotatable bonds is 4.